The fraction of sp³-hybridized carbons (Fsp3) is 0.381. The zero-order valence-electron chi connectivity index (χ0n) is 15.6. The molecule has 1 fully saturated rings. The Balaban J connectivity index is 2.08. The number of benzene rings is 2. The second kappa shape index (κ2) is 7.46. The Labute approximate surface area is 153 Å². The number of methoxy groups -OCH3 is 2. The van der Waals surface area contributed by atoms with Gasteiger partial charge in [-0.25, -0.2) is 9.18 Å². The summed E-state index contributed by atoms with van der Waals surface area (Å²) in [7, 11) is 6.87. The molecular weight excluding hydrogens is 333 g/mol. The highest BCUT2D eigenvalue weighted by molar-refractivity contribution is 5.90. The molecule has 138 valence electrons. The quantitative estimate of drug-likeness (QED) is 0.723. The molecule has 5 heteroatoms. The molecular formula is C21H24FNO3. The van der Waals surface area contributed by atoms with E-state index in [2.05, 4.69) is 4.90 Å². The molecule has 0 bridgehead atoms. The summed E-state index contributed by atoms with van der Waals surface area (Å²) in [6.45, 7) is 0. The lowest BCUT2D eigenvalue weighted by molar-refractivity contribution is 0.0601. The number of rotatable bonds is 6. The molecule has 1 unspecified atom stereocenters. The van der Waals surface area contributed by atoms with Gasteiger partial charge in [0.2, 0.25) is 0 Å². The minimum Gasteiger partial charge on any atom is -0.496 e. The van der Waals surface area contributed by atoms with Crippen LogP contribution in [0.3, 0.4) is 0 Å². The van der Waals surface area contributed by atoms with Gasteiger partial charge in [-0.2, -0.15) is 0 Å². The lowest BCUT2D eigenvalue weighted by atomic mass is 9.93. The fourth-order valence-corrected chi connectivity index (χ4v) is 3.53. The molecule has 2 aromatic rings. The van der Waals surface area contributed by atoms with E-state index in [-0.39, 0.29) is 17.8 Å². The Morgan fingerprint density at radius 1 is 1.12 bits per heavy atom. The Hall–Kier alpha value is -2.40. The van der Waals surface area contributed by atoms with Gasteiger partial charge in [-0.05, 0) is 62.7 Å². The van der Waals surface area contributed by atoms with Gasteiger partial charge in [-0.1, -0.05) is 12.1 Å². The molecule has 0 aliphatic heterocycles. The maximum atomic E-state index is 14.8. The van der Waals surface area contributed by atoms with Crippen LogP contribution in [0.2, 0.25) is 0 Å². The molecule has 1 saturated carbocycles. The van der Waals surface area contributed by atoms with Crippen molar-refractivity contribution in [1.29, 1.82) is 0 Å². The van der Waals surface area contributed by atoms with Crippen LogP contribution in [0.15, 0.2) is 36.4 Å². The average Bonchev–Trinajstić information content (AvgIpc) is 3.47. The van der Waals surface area contributed by atoms with Gasteiger partial charge in [0.25, 0.3) is 0 Å². The highest BCUT2D eigenvalue weighted by Gasteiger charge is 2.37. The average molecular weight is 357 g/mol. The molecule has 0 saturated heterocycles. The van der Waals surface area contributed by atoms with Crippen molar-refractivity contribution in [2.75, 3.05) is 28.3 Å². The number of carbonyl (C=O) groups excluding carboxylic acids is 1. The van der Waals surface area contributed by atoms with Crippen molar-refractivity contribution >= 4 is 5.97 Å². The maximum absolute atomic E-state index is 14.8. The maximum Gasteiger partial charge on any atom is 0.337 e. The summed E-state index contributed by atoms with van der Waals surface area (Å²) in [5.74, 6) is 0.374. The molecule has 2 aromatic carbocycles. The first-order valence-corrected chi connectivity index (χ1v) is 8.69. The van der Waals surface area contributed by atoms with Crippen LogP contribution in [-0.2, 0) is 4.74 Å². The number of carbonyl (C=O) groups is 1. The third kappa shape index (κ3) is 3.44. The molecule has 26 heavy (non-hydrogen) atoms. The molecule has 0 radical (unpaired) electrons. The van der Waals surface area contributed by atoms with E-state index < -0.39 is 0 Å². The lowest BCUT2D eigenvalue weighted by Gasteiger charge is -2.28. The predicted molar refractivity (Wildman–Crippen MR) is 98.9 cm³/mol. The van der Waals surface area contributed by atoms with Crippen LogP contribution in [0.1, 0.15) is 34.8 Å². The fourth-order valence-electron chi connectivity index (χ4n) is 3.53. The van der Waals surface area contributed by atoms with E-state index in [1.165, 1.54) is 13.2 Å². The van der Waals surface area contributed by atoms with E-state index in [1.54, 1.807) is 25.3 Å². The first-order valence-electron chi connectivity index (χ1n) is 8.69. The minimum atomic E-state index is -0.385. The minimum absolute atomic E-state index is 0.0146. The smallest absolute Gasteiger partial charge is 0.337 e. The third-order valence-corrected chi connectivity index (χ3v) is 4.88. The van der Waals surface area contributed by atoms with Gasteiger partial charge in [-0.3, -0.25) is 0 Å². The first kappa shape index (κ1) is 18.4. The lowest BCUT2D eigenvalue weighted by Crippen LogP contribution is -2.23. The summed E-state index contributed by atoms with van der Waals surface area (Å²) in [6, 6.07) is 10.3. The third-order valence-electron chi connectivity index (χ3n) is 4.88. The van der Waals surface area contributed by atoms with Crippen molar-refractivity contribution in [3.63, 3.8) is 0 Å². The van der Waals surface area contributed by atoms with E-state index >= 15 is 0 Å². The number of esters is 1. The van der Waals surface area contributed by atoms with Gasteiger partial charge < -0.3 is 14.4 Å². The Bertz CT molecular complexity index is 796. The largest absolute Gasteiger partial charge is 0.496 e. The molecule has 1 aliphatic rings. The van der Waals surface area contributed by atoms with Crippen LogP contribution >= 0.6 is 0 Å². The first-order chi connectivity index (χ1) is 12.5. The van der Waals surface area contributed by atoms with Gasteiger partial charge in [-0.15, -0.1) is 0 Å². The van der Waals surface area contributed by atoms with E-state index in [9.17, 15) is 9.18 Å². The summed E-state index contributed by atoms with van der Waals surface area (Å²) >= 11 is 0. The summed E-state index contributed by atoms with van der Waals surface area (Å²) in [5, 5.41) is 0. The van der Waals surface area contributed by atoms with E-state index in [1.807, 2.05) is 26.2 Å². The number of hydrogen-bond acceptors (Lipinski definition) is 4. The molecule has 1 atom stereocenters. The molecule has 0 heterocycles. The van der Waals surface area contributed by atoms with Gasteiger partial charge in [0.1, 0.15) is 11.6 Å². The highest BCUT2D eigenvalue weighted by Crippen LogP contribution is 2.49. The number of hydrogen-bond donors (Lipinski definition) is 0. The molecule has 3 rings (SSSR count). The molecule has 0 spiro atoms. The van der Waals surface area contributed by atoms with E-state index in [0.717, 1.165) is 24.0 Å². The second-order valence-corrected chi connectivity index (χ2v) is 6.86. The van der Waals surface area contributed by atoms with Gasteiger partial charge in [0.05, 0.1) is 19.8 Å². The topological polar surface area (TPSA) is 38.8 Å². The zero-order chi connectivity index (χ0) is 18.8. The van der Waals surface area contributed by atoms with Crippen LogP contribution in [0.4, 0.5) is 4.39 Å². The second-order valence-electron chi connectivity index (χ2n) is 6.86. The van der Waals surface area contributed by atoms with Crippen molar-refractivity contribution in [3.8, 4) is 16.9 Å². The summed E-state index contributed by atoms with van der Waals surface area (Å²) in [5.41, 5.74) is 2.76. The van der Waals surface area contributed by atoms with Crippen LogP contribution < -0.4 is 4.74 Å². The van der Waals surface area contributed by atoms with Gasteiger partial charge >= 0.3 is 5.97 Å². The van der Waals surface area contributed by atoms with E-state index in [0.29, 0.717) is 22.8 Å². The number of halogens is 1. The van der Waals surface area contributed by atoms with Crippen molar-refractivity contribution in [3.05, 3.63) is 53.3 Å². The van der Waals surface area contributed by atoms with Gasteiger partial charge in [0, 0.05) is 17.2 Å². The molecule has 0 amide bonds. The number of nitrogens with zero attached hydrogens (tertiary/aromatic N) is 1. The predicted octanol–water partition coefficient (Wildman–Crippen LogP) is 4.30. The Kier molecular flexibility index (Phi) is 5.28. The molecule has 0 N–H and O–H groups in total. The molecule has 1 aliphatic carbocycles. The van der Waals surface area contributed by atoms with Gasteiger partial charge in [0.15, 0.2) is 0 Å². The molecule has 0 aromatic heterocycles. The van der Waals surface area contributed by atoms with Crippen molar-refractivity contribution < 1.29 is 18.7 Å². The standard InChI is InChI=1S/C21H24FNO3/c1-23(2)19(14-7-8-14)18-17(22)12-11-16(20(18)25-3)13-5-9-15(10-6-13)21(24)26-4/h5-6,9-12,14,19H,7-8H2,1-4H3. The van der Waals surface area contributed by atoms with E-state index in [4.69, 9.17) is 9.47 Å². The van der Waals surface area contributed by atoms with Crippen LogP contribution in [0.5, 0.6) is 5.75 Å². The summed E-state index contributed by atoms with van der Waals surface area (Å²) < 4.78 is 25.2. The monoisotopic (exact) mass is 357 g/mol. The van der Waals surface area contributed by atoms with Crippen molar-refractivity contribution in [1.82, 2.24) is 4.90 Å². The van der Waals surface area contributed by atoms with Crippen molar-refractivity contribution in [2.24, 2.45) is 5.92 Å². The Morgan fingerprint density at radius 2 is 1.77 bits per heavy atom. The van der Waals surface area contributed by atoms with Crippen LogP contribution in [0.25, 0.3) is 11.1 Å². The summed E-state index contributed by atoms with van der Waals surface area (Å²) in [4.78, 5) is 13.7. The molecule has 4 nitrogen and oxygen atoms in total. The van der Waals surface area contributed by atoms with Crippen LogP contribution in [0, 0.1) is 11.7 Å². The zero-order valence-corrected chi connectivity index (χ0v) is 15.6. The normalized spacial score (nSPS) is 15.0. The number of ether oxygens (including phenoxy) is 2. The van der Waals surface area contributed by atoms with Crippen molar-refractivity contribution in [2.45, 2.75) is 18.9 Å². The highest BCUT2D eigenvalue weighted by atomic mass is 19.1. The van der Waals surface area contributed by atoms with Crippen LogP contribution in [-0.4, -0.2) is 39.2 Å². The Morgan fingerprint density at radius 3 is 2.27 bits per heavy atom. The SMILES string of the molecule is COC(=O)c1ccc(-c2ccc(F)c(C(C3CC3)N(C)C)c2OC)cc1. The summed E-state index contributed by atoms with van der Waals surface area (Å²) in [6.07, 6.45) is 2.20.